The fourth-order valence-electron chi connectivity index (χ4n) is 2.45. The first kappa shape index (κ1) is 14.5. The van der Waals surface area contributed by atoms with E-state index < -0.39 is 18.1 Å². The SMILES string of the molecule is CCCCC(N)C(=O)N1Cc2[nH]cnc2CC1C(=O)O. The lowest BCUT2D eigenvalue weighted by atomic mass is 10.0. The van der Waals surface area contributed by atoms with Gasteiger partial charge in [-0.2, -0.15) is 0 Å². The summed E-state index contributed by atoms with van der Waals surface area (Å²) < 4.78 is 0. The van der Waals surface area contributed by atoms with Crippen LogP contribution in [0.1, 0.15) is 37.6 Å². The van der Waals surface area contributed by atoms with Crippen LogP contribution in [0.15, 0.2) is 6.33 Å². The van der Waals surface area contributed by atoms with E-state index in [1.807, 2.05) is 6.92 Å². The van der Waals surface area contributed by atoms with E-state index >= 15 is 0 Å². The van der Waals surface area contributed by atoms with Crippen LogP contribution in [0, 0.1) is 0 Å². The zero-order chi connectivity index (χ0) is 14.7. The summed E-state index contributed by atoms with van der Waals surface area (Å²) in [7, 11) is 0. The number of carboxylic acid groups (broad SMARTS) is 1. The normalized spacial score (nSPS) is 19.5. The Morgan fingerprint density at radius 3 is 3.05 bits per heavy atom. The quantitative estimate of drug-likeness (QED) is 0.716. The minimum absolute atomic E-state index is 0.223. The molecule has 7 heteroatoms. The van der Waals surface area contributed by atoms with Gasteiger partial charge in [0.05, 0.1) is 30.3 Å². The maximum absolute atomic E-state index is 12.4. The van der Waals surface area contributed by atoms with E-state index in [2.05, 4.69) is 9.97 Å². The molecule has 0 spiro atoms. The maximum atomic E-state index is 12.4. The van der Waals surface area contributed by atoms with Crippen LogP contribution in [-0.4, -0.2) is 43.9 Å². The summed E-state index contributed by atoms with van der Waals surface area (Å²) in [6.45, 7) is 2.25. The number of carbonyl (C=O) groups excluding carboxylic acids is 1. The van der Waals surface area contributed by atoms with E-state index in [0.29, 0.717) is 12.1 Å². The lowest BCUT2D eigenvalue weighted by Gasteiger charge is -2.34. The summed E-state index contributed by atoms with van der Waals surface area (Å²) in [4.78, 5) is 32.1. The fraction of sp³-hybridized carbons (Fsp3) is 0.615. The molecule has 7 nitrogen and oxygen atoms in total. The Hall–Kier alpha value is -1.89. The first-order chi connectivity index (χ1) is 9.54. The highest BCUT2D eigenvalue weighted by Crippen LogP contribution is 2.22. The molecule has 0 aromatic carbocycles. The number of hydrogen-bond donors (Lipinski definition) is 3. The Morgan fingerprint density at radius 1 is 1.65 bits per heavy atom. The number of nitrogens with zero attached hydrogens (tertiary/aromatic N) is 2. The Kier molecular flexibility index (Phi) is 4.39. The standard InChI is InChI=1S/C13H20N4O3/c1-2-3-4-8(14)12(18)17-6-10-9(15-7-16-10)5-11(17)13(19)20/h7-8,11H,2-6,14H2,1H3,(H,15,16)(H,19,20). The molecule has 0 fully saturated rings. The second kappa shape index (κ2) is 6.04. The molecule has 20 heavy (non-hydrogen) atoms. The molecule has 0 bridgehead atoms. The molecule has 2 rings (SSSR count). The van der Waals surface area contributed by atoms with E-state index in [-0.39, 0.29) is 18.9 Å². The van der Waals surface area contributed by atoms with Crippen molar-refractivity contribution in [3.8, 4) is 0 Å². The van der Waals surface area contributed by atoms with Gasteiger partial charge < -0.3 is 20.7 Å². The van der Waals surface area contributed by atoms with E-state index in [1.165, 1.54) is 11.2 Å². The lowest BCUT2D eigenvalue weighted by molar-refractivity contribution is -0.152. The van der Waals surface area contributed by atoms with E-state index in [4.69, 9.17) is 5.73 Å². The van der Waals surface area contributed by atoms with Crippen molar-refractivity contribution in [3.05, 3.63) is 17.7 Å². The van der Waals surface area contributed by atoms with Crippen molar-refractivity contribution in [2.45, 2.75) is 51.2 Å². The molecule has 1 aliphatic heterocycles. The number of imidazole rings is 1. The Bertz CT molecular complexity index is 500. The van der Waals surface area contributed by atoms with Crippen LogP contribution in [0.4, 0.5) is 0 Å². The minimum atomic E-state index is -1.02. The van der Waals surface area contributed by atoms with E-state index in [0.717, 1.165) is 18.5 Å². The molecule has 110 valence electrons. The molecule has 0 aliphatic carbocycles. The predicted molar refractivity (Wildman–Crippen MR) is 71.8 cm³/mol. The molecule has 1 aromatic rings. The molecule has 1 aliphatic rings. The Morgan fingerprint density at radius 2 is 2.40 bits per heavy atom. The molecule has 1 aromatic heterocycles. The number of H-pyrrole nitrogens is 1. The van der Waals surface area contributed by atoms with Crippen molar-refractivity contribution in [3.63, 3.8) is 0 Å². The largest absolute Gasteiger partial charge is 0.480 e. The number of nitrogens with one attached hydrogen (secondary N) is 1. The molecular weight excluding hydrogens is 260 g/mol. The van der Waals surface area contributed by atoms with Crippen LogP contribution in [0.3, 0.4) is 0 Å². The molecule has 1 amide bonds. The first-order valence-corrected chi connectivity index (χ1v) is 6.84. The highest BCUT2D eigenvalue weighted by atomic mass is 16.4. The number of carbonyl (C=O) groups is 2. The Labute approximate surface area is 117 Å². The molecule has 0 saturated carbocycles. The first-order valence-electron chi connectivity index (χ1n) is 6.84. The highest BCUT2D eigenvalue weighted by molar-refractivity contribution is 5.87. The van der Waals surface area contributed by atoms with Gasteiger partial charge in [-0.15, -0.1) is 0 Å². The number of carboxylic acids is 1. The maximum Gasteiger partial charge on any atom is 0.326 e. The number of hydrogen-bond acceptors (Lipinski definition) is 4. The third-order valence-electron chi connectivity index (χ3n) is 3.65. The van der Waals surface area contributed by atoms with Crippen molar-refractivity contribution >= 4 is 11.9 Å². The number of aromatic nitrogens is 2. The van der Waals surface area contributed by atoms with Gasteiger partial charge in [0.25, 0.3) is 0 Å². The zero-order valence-electron chi connectivity index (χ0n) is 11.5. The summed E-state index contributed by atoms with van der Waals surface area (Å²) in [5, 5.41) is 9.31. The van der Waals surface area contributed by atoms with Crippen molar-refractivity contribution in [1.82, 2.24) is 14.9 Å². The van der Waals surface area contributed by atoms with Crippen molar-refractivity contribution in [2.75, 3.05) is 0 Å². The summed E-state index contributed by atoms with van der Waals surface area (Å²) >= 11 is 0. The average Bonchev–Trinajstić information content (AvgIpc) is 2.89. The molecule has 2 heterocycles. The van der Waals surface area contributed by atoms with Crippen LogP contribution in [0.25, 0.3) is 0 Å². The van der Waals surface area contributed by atoms with Gasteiger partial charge in [-0.1, -0.05) is 19.8 Å². The topological polar surface area (TPSA) is 112 Å². The van der Waals surface area contributed by atoms with Crippen molar-refractivity contribution < 1.29 is 14.7 Å². The number of fused-ring (bicyclic) bond motifs is 1. The summed E-state index contributed by atoms with van der Waals surface area (Å²) in [6, 6.07) is -1.52. The molecule has 2 unspecified atom stereocenters. The number of aromatic amines is 1. The summed E-state index contributed by atoms with van der Waals surface area (Å²) in [5.41, 5.74) is 7.38. The number of unbranched alkanes of at least 4 members (excludes halogenated alkanes) is 1. The Balaban J connectivity index is 2.15. The van der Waals surface area contributed by atoms with Crippen molar-refractivity contribution in [1.29, 1.82) is 0 Å². The molecule has 2 atom stereocenters. The third kappa shape index (κ3) is 2.82. The second-order valence-electron chi connectivity index (χ2n) is 5.10. The van der Waals surface area contributed by atoms with Gasteiger partial charge in [-0.05, 0) is 6.42 Å². The van der Waals surface area contributed by atoms with Gasteiger partial charge in [-0.3, -0.25) is 4.79 Å². The number of amides is 1. The fourth-order valence-corrected chi connectivity index (χ4v) is 2.45. The smallest absolute Gasteiger partial charge is 0.326 e. The highest BCUT2D eigenvalue weighted by Gasteiger charge is 2.37. The minimum Gasteiger partial charge on any atom is -0.480 e. The predicted octanol–water partition coefficient (Wildman–Crippen LogP) is 0.265. The second-order valence-corrected chi connectivity index (χ2v) is 5.10. The van der Waals surface area contributed by atoms with Crippen LogP contribution in [-0.2, 0) is 22.6 Å². The number of aliphatic carboxylic acids is 1. The monoisotopic (exact) mass is 280 g/mol. The van der Waals surface area contributed by atoms with Crippen LogP contribution in [0.2, 0.25) is 0 Å². The molecule has 4 N–H and O–H groups in total. The van der Waals surface area contributed by atoms with Gasteiger partial charge in [0.15, 0.2) is 0 Å². The number of nitrogens with two attached hydrogens (primary N) is 1. The van der Waals surface area contributed by atoms with Gasteiger partial charge >= 0.3 is 5.97 Å². The zero-order valence-corrected chi connectivity index (χ0v) is 11.5. The number of rotatable bonds is 5. The summed E-state index contributed by atoms with van der Waals surface area (Å²) in [5.74, 6) is -1.32. The van der Waals surface area contributed by atoms with Gasteiger partial charge in [0.2, 0.25) is 5.91 Å². The lowest BCUT2D eigenvalue weighted by Crippen LogP contribution is -2.53. The molecule has 0 radical (unpaired) electrons. The molecule has 0 saturated heterocycles. The van der Waals surface area contributed by atoms with Crippen LogP contribution < -0.4 is 5.73 Å². The van der Waals surface area contributed by atoms with Gasteiger partial charge in [-0.25, -0.2) is 9.78 Å². The van der Waals surface area contributed by atoms with Gasteiger partial charge in [0, 0.05) is 6.42 Å². The van der Waals surface area contributed by atoms with E-state index in [1.54, 1.807) is 0 Å². The average molecular weight is 280 g/mol. The van der Waals surface area contributed by atoms with Crippen LogP contribution >= 0.6 is 0 Å². The van der Waals surface area contributed by atoms with Crippen molar-refractivity contribution in [2.24, 2.45) is 5.73 Å². The van der Waals surface area contributed by atoms with E-state index in [9.17, 15) is 14.7 Å². The van der Waals surface area contributed by atoms with Gasteiger partial charge in [0.1, 0.15) is 6.04 Å². The van der Waals surface area contributed by atoms with Crippen LogP contribution in [0.5, 0.6) is 0 Å². The third-order valence-corrected chi connectivity index (χ3v) is 3.65. The summed E-state index contributed by atoms with van der Waals surface area (Å²) in [6.07, 6.45) is 4.13. The molecular formula is C13H20N4O3.